The number of rotatable bonds is 4. The summed E-state index contributed by atoms with van der Waals surface area (Å²) in [4.78, 5) is 28.7. The number of benzene rings is 1. The maximum atomic E-state index is 12.7. The maximum absolute atomic E-state index is 12.7. The van der Waals surface area contributed by atoms with E-state index in [1.54, 1.807) is 6.07 Å². The lowest BCUT2D eigenvalue weighted by atomic mass is 9.87. The SMILES string of the molecule is Cc1ccc(=O)n(CC(=O)N2CCC3(CC2)C[C@H](N(C)c2ccccc2)CO3)n1. The average Bonchev–Trinajstić information content (AvgIpc) is 3.15. The highest BCUT2D eigenvalue weighted by Gasteiger charge is 2.44. The van der Waals surface area contributed by atoms with E-state index >= 15 is 0 Å². The van der Waals surface area contributed by atoms with Crippen LogP contribution >= 0.6 is 0 Å². The molecule has 2 fully saturated rings. The van der Waals surface area contributed by atoms with Crippen LogP contribution in [0.5, 0.6) is 0 Å². The topological polar surface area (TPSA) is 67.7 Å². The smallest absolute Gasteiger partial charge is 0.267 e. The van der Waals surface area contributed by atoms with Crippen molar-refractivity contribution < 1.29 is 9.53 Å². The minimum absolute atomic E-state index is 0.00621. The van der Waals surface area contributed by atoms with Crippen molar-refractivity contribution in [3.8, 4) is 0 Å². The molecule has 2 aliphatic rings. The molecule has 0 bridgehead atoms. The van der Waals surface area contributed by atoms with Crippen LogP contribution in [-0.4, -0.2) is 59.0 Å². The van der Waals surface area contributed by atoms with Crippen LogP contribution in [0.15, 0.2) is 47.3 Å². The number of ether oxygens (including phenoxy) is 1. The van der Waals surface area contributed by atoms with Gasteiger partial charge in [-0.3, -0.25) is 9.59 Å². The Morgan fingerprint density at radius 3 is 2.66 bits per heavy atom. The molecule has 3 heterocycles. The number of likely N-dealkylation sites (N-methyl/N-ethyl adjacent to an activating group) is 1. The van der Waals surface area contributed by atoms with E-state index in [1.165, 1.54) is 16.4 Å². The zero-order chi connectivity index (χ0) is 20.4. The van der Waals surface area contributed by atoms with Gasteiger partial charge in [-0.05, 0) is 44.4 Å². The van der Waals surface area contributed by atoms with Gasteiger partial charge in [0.15, 0.2) is 0 Å². The molecule has 7 heteroatoms. The number of carbonyl (C=O) groups excluding carboxylic acids is 1. The van der Waals surface area contributed by atoms with Crippen molar-refractivity contribution in [1.29, 1.82) is 0 Å². The number of amides is 1. The molecule has 1 aromatic heterocycles. The van der Waals surface area contributed by atoms with Gasteiger partial charge in [-0.25, -0.2) is 4.68 Å². The molecule has 1 atom stereocenters. The summed E-state index contributed by atoms with van der Waals surface area (Å²) in [6.45, 7) is 3.82. The van der Waals surface area contributed by atoms with Crippen LogP contribution in [0.25, 0.3) is 0 Å². The minimum Gasteiger partial charge on any atom is -0.373 e. The van der Waals surface area contributed by atoms with E-state index < -0.39 is 0 Å². The lowest BCUT2D eigenvalue weighted by Gasteiger charge is -2.39. The van der Waals surface area contributed by atoms with Gasteiger partial charge >= 0.3 is 0 Å². The summed E-state index contributed by atoms with van der Waals surface area (Å²) < 4.78 is 7.52. The molecule has 154 valence electrons. The summed E-state index contributed by atoms with van der Waals surface area (Å²) >= 11 is 0. The van der Waals surface area contributed by atoms with Crippen molar-refractivity contribution in [3.05, 3.63) is 58.5 Å². The molecule has 29 heavy (non-hydrogen) atoms. The van der Waals surface area contributed by atoms with E-state index in [0.29, 0.717) is 25.7 Å². The largest absolute Gasteiger partial charge is 0.373 e. The Labute approximate surface area is 170 Å². The van der Waals surface area contributed by atoms with E-state index in [2.05, 4.69) is 41.3 Å². The molecule has 1 aromatic carbocycles. The Morgan fingerprint density at radius 1 is 1.21 bits per heavy atom. The lowest BCUT2D eigenvalue weighted by Crippen LogP contribution is -2.48. The third-order valence-electron chi connectivity index (χ3n) is 6.21. The molecular weight excluding hydrogens is 368 g/mol. The second-order valence-corrected chi connectivity index (χ2v) is 8.15. The number of likely N-dealkylation sites (tertiary alicyclic amines) is 1. The molecule has 0 aliphatic carbocycles. The Bertz CT molecular complexity index is 919. The van der Waals surface area contributed by atoms with Gasteiger partial charge < -0.3 is 14.5 Å². The van der Waals surface area contributed by atoms with Crippen LogP contribution in [0.2, 0.25) is 0 Å². The standard InChI is InChI=1S/C22H28N4O3/c1-17-8-9-20(27)26(23-17)15-21(28)25-12-10-22(11-13-25)14-19(16-29-22)24(2)18-6-4-3-5-7-18/h3-9,19H,10-16H2,1-2H3/t19-/m0/s1. The summed E-state index contributed by atoms with van der Waals surface area (Å²) in [5, 5.41) is 4.16. The fourth-order valence-corrected chi connectivity index (χ4v) is 4.35. The first-order valence-corrected chi connectivity index (χ1v) is 10.2. The molecule has 0 radical (unpaired) electrons. The molecule has 1 spiro atoms. The normalized spacial score (nSPS) is 20.8. The lowest BCUT2D eigenvalue weighted by molar-refractivity contribution is -0.136. The van der Waals surface area contributed by atoms with E-state index in [1.807, 2.05) is 17.9 Å². The van der Waals surface area contributed by atoms with Gasteiger partial charge in [-0.2, -0.15) is 5.10 Å². The van der Waals surface area contributed by atoms with Crippen LogP contribution in [0.4, 0.5) is 5.69 Å². The summed E-state index contributed by atoms with van der Waals surface area (Å²) in [5.74, 6) is -0.0593. The molecule has 2 saturated heterocycles. The number of piperidine rings is 1. The van der Waals surface area contributed by atoms with Gasteiger partial charge in [-0.15, -0.1) is 0 Å². The van der Waals surface area contributed by atoms with Crippen LogP contribution in [0.1, 0.15) is 25.0 Å². The van der Waals surface area contributed by atoms with Crippen molar-refractivity contribution in [1.82, 2.24) is 14.7 Å². The number of hydrogen-bond donors (Lipinski definition) is 0. The second-order valence-electron chi connectivity index (χ2n) is 8.15. The summed E-state index contributed by atoms with van der Waals surface area (Å²) in [7, 11) is 2.12. The molecule has 0 unspecified atom stereocenters. The first-order valence-electron chi connectivity index (χ1n) is 10.2. The zero-order valence-electron chi connectivity index (χ0n) is 17.1. The number of aromatic nitrogens is 2. The van der Waals surface area contributed by atoms with Crippen molar-refractivity contribution in [2.24, 2.45) is 0 Å². The van der Waals surface area contributed by atoms with Crippen LogP contribution < -0.4 is 10.5 Å². The number of hydrogen-bond acceptors (Lipinski definition) is 5. The molecule has 2 aliphatic heterocycles. The number of carbonyl (C=O) groups is 1. The Hall–Kier alpha value is -2.67. The van der Waals surface area contributed by atoms with Crippen LogP contribution in [0, 0.1) is 6.92 Å². The predicted molar refractivity (Wildman–Crippen MR) is 111 cm³/mol. The number of nitrogens with zero attached hydrogens (tertiary/aromatic N) is 4. The third kappa shape index (κ3) is 4.19. The maximum Gasteiger partial charge on any atom is 0.267 e. The van der Waals surface area contributed by atoms with Crippen molar-refractivity contribution in [2.45, 2.75) is 44.4 Å². The number of aryl methyl sites for hydroxylation is 1. The predicted octanol–water partition coefficient (Wildman–Crippen LogP) is 1.84. The van der Waals surface area contributed by atoms with Gasteiger partial charge in [-0.1, -0.05) is 18.2 Å². The molecular formula is C22H28N4O3. The van der Waals surface area contributed by atoms with Gasteiger partial charge in [0.1, 0.15) is 6.54 Å². The van der Waals surface area contributed by atoms with E-state index in [4.69, 9.17) is 4.74 Å². The van der Waals surface area contributed by atoms with Gasteiger partial charge in [0.25, 0.3) is 5.56 Å². The molecule has 0 N–H and O–H groups in total. The fraction of sp³-hybridized carbons (Fsp3) is 0.500. The molecule has 2 aromatic rings. The monoisotopic (exact) mass is 396 g/mol. The van der Waals surface area contributed by atoms with E-state index in [-0.39, 0.29) is 23.6 Å². The van der Waals surface area contributed by atoms with Crippen molar-refractivity contribution >= 4 is 11.6 Å². The number of para-hydroxylation sites is 1. The third-order valence-corrected chi connectivity index (χ3v) is 6.21. The molecule has 7 nitrogen and oxygen atoms in total. The Kier molecular flexibility index (Phi) is 5.41. The number of anilines is 1. The summed E-state index contributed by atoms with van der Waals surface area (Å²) in [5.41, 5.74) is 1.52. The van der Waals surface area contributed by atoms with E-state index in [9.17, 15) is 9.59 Å². The quantitative estimate of drug-likeness (QED) is 0.789. The van der Waals surface area contributed by atoms with Crippen LogP contribution in [0.3, 0.4) is 0 Å². The molecule has 0 saturated carbocycles. The Balaban J connectivity index is 1.34. The van der Waals surface area contributed by atoms with E-state index in [0.717, 1.165) is 25.0 Å². The first-order chi connectivity index (χ1) is 14.0. The highest BCUT2D eigenvalue weighted by atomic mass is 16.5. The van der Waals surface area contributed by atoms with Crippen molar-refractivity contribution in [2.75, 3.05) is 31.6 Å². The Morgan fingerprint density at radius 2 is 1.93 bits per heavy atom. The summed E-state index contributed by atoms with van der Waals surface area (Å²) in [6.07, 6.45) is 2.63. The summed E-state index contributed by atoms with van der Waals surface area (Å²) in [6, 6.07) is 13.8. The van der Waals surface area contributed by atoms with Crippen LogP contribution in [-0.2, 0) is 16.1 Å². The second kappa shape index (κ2) is 7.99. The van der Waals surface area contributed by atoms with Gasteiger partial charge in [0, 0.05) is 31.9 Å². The van der Waals surface area contributed by atoms with Gasteiger partial charge in [0.2, 0.25) is 5.91 Å². The first kappa shape index (κ1) is 19.6. The average molecular weight is 396 g/mol. The highest BCUT2D eigenvalue weighted by Crippen LogP contribution is 2.38. The zero-order valence-corrected chi connectivity index (χ0v) is 17.1. The fourth-order valence-electron chi connectivity index (χ4n) is 4.35. The van der Waals surface area contributed by atoms with Gasteiger partial charge in [0.05, 0.1) is 23.9 Å². The molecule has 1 amide bonds. The highest BCUT2D eigenvalue weighted by molar-refractivity contribution is 5.76. The van der Waals surface area contributed by atoms with Crippen molar-refractivity contribution in [3.63, 3.8) is 0 Å². The molecule has 4 rings (SSSR count). The minimum atomic E-state index is -0.247.